The lowest BCUT2D eigenvalue weighted by Gasteiger charge is -2.35. The molecule has 0 spiro atoms. The van der Waals surface area contributed by atoms with E-state index in [1.165, 1.54) is 51.6 Å². The van der Waals surface area contributed by atoms with Crippen LogP contribution >= 0.6 is 11.6 Å². The Hall–Kier alpha value is -0.870. The number of rotatable bonds is 3. The maximum atomic E-state index is 6.30. The Morgan fingerprint density at radius 1 is 1.14 bits per heavy atom. The Labute approximate surface area is 131 Å². The van der Waals surface area contributed by atoms with Crippen molar-refractivity contribution in [3.63, 3.8) is 0 Å². The van der Waals surface area contributed by atoms with Gasteiger partial charge in [-0.2, -0.15) is 0 Å². The number of halogens is 1. The van der Waals surface area contributed by atoms with Crippen molar-refractivity contribution >= 4 is 17.4 Å². The van der Waals surface area contributed by atoms with E-state index in [1.54, 1.807) is 0 Å². The molecule has 1 saturated carbocycles. The smallest absolute Gasteiger partial charge is 0.137 e. The second-order valence-electron chi connectivity index (χ2n) is 6.82. The van der Waals surface area contributed by atoms with Gasteiger partial charge in [-0.05, 0) is 52.0 Å². The molecule has 114 valence electrons. The summed E-state index contributed by atoms with van der Waals surface area (Å²) in [6, 6.07) is 1.30. The average molecular weight is 307 g/mol. The molecule has 2 aliphatic heterocycles. The summed E-state index contributed by atoms with van der Waals surface area (Å²) in [4.78, 5) is 11.8. The Kier molecular flexibility index (Phi) is 3.54. The van der Waals surface area contributed by atoms with Gasteiger partial charge in [0.25, 0.3) is 0 Å². The van der Waals surface area contributed by atoms with Crippen LogP contribution in [-0.4, -0.2) is 40.0 Å². The van der Waals surface area contributed by atoms with Gasteiger partial charge in [-0.3, -0.25) is 0 Å². The lowest BCUT2D eigenvalue weighted by Crippen LogP contribution is -2.43. The number of anilines is 1. The fraction of sp³-hybridized carbons (Fsp3) is 0.750. The first-order valence-electron chi connectivity index (χ1n) is 8.25. The van der Waals surface area contributed by atoms with Crippen LogP contribution in [0.5, 0.6) is 0 Å². The summed E-state index contributed by atoms with van der Waals surface area (Å²) in [6.07, 6.45) is 7.57. The molecular weight excluding hydrogens is 284 g/mol. The van der Waals surface area contributed by atoms with Gasteiger partial charge in [0.15, 0.2) is 0 Å². The highest BCUT2D eigenvalue weighted by atomic mass is 35.5. The first-order valence-corrected chi connectivity index (χ1v) is 8.63. The van der Waals surface area contributed by atoms with Gasteiger partial charge in [0.1, 0.15) is 16.8 Å². The third-order valence-electron chi connectivity index (χ3n) is 5.21. The molecule has 0 amide bonds. The van der Waals surface area contributed by atoms with Crippen LogP contribution in [0.3, 0.4) is 0 Å². The highest BCUT2D eigenvalue weighted by Crippen LogP contribution is 2.39. The van der Waals surface area contributed by atoms with Gasteiger partial charge in [0, 0.05) is 30.1 Å². The van der Waals surface area contributed by atoms with Crippen LogP contribution in [0.2, 0.25) is 5.15 Å². The number of fused-ring (bicyclic) bond motifs is 1. The zero-order valence-corrected chi connectivity index (χ0v) is 13.4. The fourth-order valence-electron chi connectivity index (χ4n) is 3.72. The molecule has 2 unspecified atom stereocenters. The topological polar surface area (TPSA) is 41.1 Å². The van der Waals surface area contributed by atoms with Gasteiger partial charge >= 0.3 is 0 Å². The van der Waals surface area contributed by atoms with Gasteiger partial charge < -0.3 is 10.2 Å². The monoisotopic (exact) mass is 306 g/mol. The normalized spacial score (nSPS) is 29.4. The SMILES string of the molecule is Cc1c(Cl)nc(C2CC2)nc1NC1CCN2CCCC2C1. The van der Waals surface area contributed by atoms with Crippen molar-refractivity contribution in [1.82, 2.24) is 14.9 Å². The molecule has 0 radical (unpaired) electrons. The van der Waals surface area contributed by atoms with Crippen molar-refractivity contribution in [2.75, 3.05) is 18.4 Å². The van der Waals surface area contributed by atoms with Crippen molar-refractivity contribution in [2.45, 2.75) is 63.5 Å². The highest BCUT2D eigenvalue weighted by Gasteiger charge is 2.32. The van der Waals surface area contributed by atoms with E-state index in [0.717, 1.165) is 23.2 Å². The largest absolute Gasteiger partial charge is 0.367 e. The van der Waals surface area contributed by atoms with Crippen LogP contribution in [0.1, 0.15) is 55.8 Å². The molecule has 3 heterocycles. The van der Waals surface area contributed by atoms with E-state index in [0.29, 0.717) is 17.1 Å². The van der Waals surface area contributed by atoms with Crippen molar-refractivity contribution in [1.29, 1.82) is 0 Å². The standard InChI is InChI=1S/C16H23ClN4/c1-10-14(17)19-16(11-4-5-11)20-15(10)18-12-6-8-21-7-2-3-13(21)9-12/h11-13H,2-9H2,1H3,(H,18,19,20). The zero-order chi connectivity index (χ0) is 14.4. The summed E-state index contributed by atoms with van der Waals surface area (Å²) in [7, 11) is 0. The molecule has 4 rings (SSSR count). The molecule has 1 aliphatic carbocycles. The third kappa shape index (κ3) is 2.76. The number of hydrogen-bond donors (Lipinski definition) is 1. The molecule has 0 aromatic carbocycles. The maximum Gasteiger partial charge on any atom is 0.137 e. The number of nitrogens with zero attached hydrogens (tertiary/aromatic N) is 3. The first-order chi connectivity index (χ1) is 10.2. The lowest BCUT2D eigenvalue weighted by atomic mass is 9.97. The fourth-order valence-corrected chi connectivity index (χ4v) is 3.90. The summed E-state index contributed by atoms with van der Waals surface area (Å²) in [6.45, 7) is 4.53. The maximum absolute atomic E-state index is 6.30. The van der Waals surface area contributed by atoms with Crippen LogP contribution in [0.4, 0.5) is 5.82 Å². The molecule has 5 heteroatoms. The van der Waals surface area contributed by atoms with Gasteiger partial charge in [-0.15, -0.1) is 0 Å². The molecule has 1 aromatic heterocycles. The molecule has 21 heavy (non-hydrogen) atoms. The van der Waals surface area contributed by atoms with Crippen LogP contribution in [0, 0.1) is 6.92 Å². The van der Waals surface area contributed by atoms with E-state index in [2.05, 4.69) is 15.2 Å². The number of nitrogens with one attached hydrogen (secondary N) is 1. The second kappa shape index (κ2) is 5.40. The van der Waals surface area contributed by atoms with E-state index in [4.69, 9.17) is 16.6 Å². The van der Waals surface area contributed by atoms with Gasteiger partial charge in [-0.25, -0.2) is 9.97 Å². The van der Waals surface area contributed by atoms with Gasteiger partial charge in [0.2, 0.25) is 0 Å². The predicted molar refractivity (Wildman–Crippen MR) is 85.0 cm³/mol. The summed E-state index contributed by atoms with van der Waals surface area (Å²) >= 11 is 6.30. The van der Waals surface area contributed by atoms with Crippen molar-refractivity contribution in [2.24, 2.45) is 0 Å². The lowest BCUT2D eigenvalue weighted by molar-refractivity contribution is 0.188. The third-order valence-corrected chi connectivity index (χ3v) is 5.58. The molecule has 2 atom stereocenters. The van der Waals surface area contributed by atoms with E-state index in [-0.39, 0.29) is 0 Å². The number of hydrogen-bond acceptors (Lipinski definition) is 4. The Morgan fingerprint density at radius 2 is 2.00 bits per heavy atom. The van der Waals surface area contributed by atoms with E-state index < -0.39 is 0 Å². The van der Waals surface area contributed by atoms with E-state index in [9.17, 15) is 0 Å². The van der Waals surface area contributed by atoms with E-state index in [1.807, 2.05) is 6.92 Å². The Balaban J connectivity index is 1.51. The minimum Gasteiger partial charge on any atom is -0.367 e. The number of piperidine rings is 1. The van der Waals surface area contributed by atoms with Gasteiger partial charge in [0.05, 0.1) is 0 Å². The Morgan fingerprint density at radius 3 is 2.81 bits per heavy atom. The van der Waals surface area contributed by atoms with E-state index >= 15 is 0 Å². The molecule has 1 aromatic rings. The highest BCUT2D eigenvalue weighted by molar-refractivity contribution is 6.30. The molecule has 3 fully saturated rings. The van der Waals surface area contributed by atoms with Crippen LogP contribution in [-0.2, 0) is 0 Å². The Bertz CT molecular complexity index is 543. The molecule has 2 saturated heterocycles. The molecule has 0 bridgehead atoms. The molecule has 1 N–H and O–H groups in total. The minimum absolute atomic E-state index is 0.529. The number of aromatic nitrogens is 2. The van der Waals surface area contributed by atoms with Crippen LogP contribution in [0.15, 0.2) is 0 Å². The average Bonchev–Trinajstić information content (AvgIpc) is 3.22. The van der Waals surface area contributed by atoms with Crippen molar-refractivity contribution < 1.29 is 0 Å². The summed E-state index contributed by atoms with van der Waals surface area (Å²) < 4.78 is 0. The predicted octanol–water partition coefficient (Wildman–Crippen LogP) is 3.35. The minimum atomic E-state index is 0.529. The quantitative estimate of drug-likeness (QED) is 0.870. The molecule has 4 nitrogen and oxygen atoms in total. The first kappa shape index (κ1) is 13.8. The summed E-state index contributed by atoms with van der Waals surface area (Å²) in [5, 5.41) is 4.28. The second-order valence-corrected chi connectivity index (χ2v) is 7.18. The summed E-state index contributed by atoms with van der Waals surface area (Å²) in [5.74, 6) is 2.44. The molecular formula is C16H23ClN4. The van der Waals surface area contributed by atoms with Crippen molar-refractivity contribution in [3.8, 4) is 0 Å². The zero-order valence-electron chi connectivity index (χ0n) is 12.6. The van der Waals surface area contributed by atoms with Crippen molar-refractivity contribution in [3.05, 3.63) is 16.5 Å². The molecule has 3 aliphatic rings. The van der Waals surface area contributed by atoms with Crippen LogP contribution in [0.25, 0.3) is 0 Å². The van der Waals surface area contributed by atoms with Gasteiger partial charge in [-0.1, -0.05) is 11.6 Å². The summed E-state index contributed by atoms with van der Waals surface area (Å²) in [5.41, 5.74) is 0.995. The van der Waals surface area contributed by atoms with Crippen LogP contribution < -0.4 is 5.32 Å².